The highest BCUT2D eigenvalue weighted by atomic mass is 19.1. The Labute approximate surface area is 150 Å². The molecular formula is C24H27F. The van der Waals surface area contributed by atoms with Crippen LogP contribution in [0, 0.1) is 11.7 Å². The Morgan fingerprint density at radius 3 is 2.32 bits per heavy atom. The zero-order valence-electron chi connectivity index (χ0n) is 14.9. The highest BCUT2D eigenvalue weighted by molar-refractivity contribution is 5.45. The van der Waals surface area contributed by atoms with Gasteiger partial charge in [0.05, 0.1) is 0 Å². The molecule has 130 valence electrons. The zero-order chi connectivity index (χ0) is 17.2. The van der Waals surface area contributed by atoms with E-state index in [1.807, 2.05) is 12.1 Å². The van der Waals surface area contributed by atoms with E-state index in [2.05, 4.69) is 24.8 Å². The molecule has 2 aliphatic rings. The molecule has 0 fully saturated rings. The van der Waals surface area contributed by atoms with Crippen LogP contribution < -0.4 is 0 Å². The fourth-order valence-corrected chi connectivity index (χ4v) is 4.86. The van der Waals surface area contributed by atoms with E-state index < -0.39 is 0 Å². The average molecular weight is 334 g/mol. The second-order valence-electron chi connectivity index (χ2n) is 7.81. The molecule has 0 aromatic heterocycles. The minimum Gasteiger partial charge on any atom is -0.207 e. The first-order chi connectivity index (χ1) is 12.2. The lowest BCUT2D eigenvalue weighted by molar-refractivity contribution is 0.427. The van der Waals surface area contributed by atoms with Crippen molar-refractivity contribution >= 4 is 0 Å². The number of rotatable bonds is 4. The lowest BCUT2D eigenvalue weighted by Crippen LogP contribution is -2.20. The maximum Gasteiger partial charge on any atom is 0.123 e. The number of hydrogen-bond donors (Lipinski definition) is 0. The van der Waals surface area contributed by atoms with Gasteiger partial charge in [-0.1, -0.05) is 30.3 Å². The van der Waals surface area contributed by atoms with Crippen molar-refractivity contribution < 1.29 is 4.39 Å². The van der Waals surface area contributed by atoms with E-state index >= 15 is 0 Å². The van der Waals surface area contributed by atoms with Crippen molar-refractivity contribution in [3.05, 3.63) is 82.7 Å². The van der Waals surface area contributed by atoms with Gasteiger partial charge in [-0.3, -0.25) is 0 Å². The van der Waals surface area contributed by atoms with E-state index in [0.717, 1.165) is 18.8 Å². The first kappa shape index (κ1) is 16.6. The number of allylic oxidation sites excluding steroid dienone is 1. The van der Waals surface area contributed by atoms with Crippen LogP contribution in [0.1, 0.15) is 59.4 Å². The van der Waals surface area contributed by atoms with Crippen LogP contribution in [-0.2, 0) is 25.7 Å². The molecule has 2 aliphatic carbocycles. The maximum absolute atomic E-state index is 13.2. The minimum atomic E-state index is -0.139. The van der Waals surface area contributed by atoms with Crippen molar-refractivity contribution in [3.8, 4) is 0 Å². The molecule has 25 heavy (non-hydrogen) atoms. The molecule has 0 nitrogen and oxygen atoms in total. The average Bonchev–Trinajstić information content (AvgIpc) is 2.66. The van der Waals surface area contributed by atoms with Crippen LogP contribution in [0.3, 0.4) is 0 Å². The Hall–Kier alpha value is -1.89. The van der Waals surface area contributed by atoms with Gasteiger partial charge in [0.25, 0.3) is 0 Å². The lowest BCUT2D eigenvalue weighted by atomic mass is 9.73. The molecular weight excluding hydrogens is 307 g/mol. The first-order valence-electron chi connectivity index (χ1n) is 9.73. The second kappa shape index (κ2) is 7.15. The zero-order valence-corrected chi connectivity index (χ0v) is 14.9. The number of hydrogen-bond acceptors (Lipinski definition) is 0. The molecule has 2 aromatic carbocycles. The molecule has 0 saturated carbocycles. The van der Waals surface area contributed by atoms with Gasteiger partial charge in [-0.2, -0.15) is 0 Å². The summed E-state index contributed by atoms with van der Waals surface area (Å²) in [7, 11) is 0. The summed E-state index contributed by atoms with van der Waals surface area (Å²) in [6, 6.07) is 11.9. The van der Waals surface area contributed by atoms with Gasteiger partial charge in [-0.15, -0.1) is 6.58 Å². The van der Waals surface area contributed by atoms with Crippen molar-refractivity contribution in [1.82, 2.24) is 0 Å². The van der Waals surface area contributed by atoms with Gasteiger partial charge < -0.3 is 0 Å². The summed E-state index contributed by atoms with van der Waals surface area (Å²) in [5.74, 6) is 1.23. The van der Waals surface area contributed by atoms with Crippen molar-refractivity contribution in [2.75, 3.05) is 0 Å². The second-order valence-corrected chi connectivity index (χ2v) is 7.81. The van der Waals surface area contributed by atoms with Gasteiger partial charge in [0.1, 0.15) is 5.82 Å². The molecule has 2 atom stereocenters. The monoisotopic (exact) mass is 334 g/mol. The first-order valence-corrected chi connectivity index (χ1v) is 9.73. The van der Waals surface area contributed by atoms with Gasteiger partial charge in [0, 0.05) is 0 Å². The van der Waals surface area contributed by atoms with E-state index in [1.165, 1.54) is 49.7 Å². The number of halogens is 1. The van der Waals surface area contributed by atoms with E-state index in [1.54, 1.807) is 28.8 Å². The van der Waals surface area contributed by atoms with E-state index in [4.69, 9.17) is 0 Å². The minimum absolute atomic E-state index is 0.139. The highest BCUT2D eigenvalue weighted by Gasteiger charge is 2.26. The van der Waals surface area contributed by atoms with Crippen molar-refractivity contribution in [3.63, 3.8) is 0 Å². The SMILES string of the molecule is C=CCCC1CCc2c(ccc3c2CCC(c2ccc(F)cc2)C3)C1. The van der Waals surface area contributed by atoms with Crippen LogP contribution >= 0.6 is 0 Å². The van der Waals surface area contributed by atoms with Gasteiger partial charge >= 0.3 is 0 Å². The Morgan fingerprint density at radius 2 is 1.60 bits per heavy atom. The summed E-state index contributed by atoms with van der Waals surface area (Å²) >= 11 is 0. The molecule has 0 bridgehead atoms. The third-order valence-electron chi connectivity index (χ3n) is 6.27. The Bertz CT molecular complexity index is 756. The quantitative estimate of drug-likeness (QED) is 0.587. The number of benzene rings is 2. The van der Waals surface area contributed by atoms with Crippen LogP contribution in [-0.4, -0.2) is 0 Å². The van der Waals surface area contributed by atoms with Gasteiger partial charge in [-0.05, 0) is 103 Å². The molecule has 0 amide bonds. The van der Waals surface area contributed by atoms with Crippen LogP contribution in [0.2, 0.25) is 0 Å². The van der Waals surface area contributed by atoms with Crippen molar-refractivity contribution in [1.29, 1.82) is 0 Å². The summed E-state index contributed by atoms with van der Waals surface area (Å²) in [4.78, 5) is 0. The standard InChI is InChI=1S/C24H27F/c1-2-3-4-17-5-13-23-20(15-17)6-7-21-16-19(10-14-24(21)23)18-8-11-22(25)12-9-18/h2,6-9,11-12,17,19H,1,3-5,10,13-16H2. The third-order valence-corrected chi connectivity index (χ3v) is 6.27. The number of fused-ring (bicyclic) bond motifs is 3. The van der Waals surface area contributed by atoms with Crippen LogP contribution in [0.5, 0.6) is 0 Å². The van der Waals surface area contributed by atoms with Crippen LogP contribution in [0.15, 0.2) is 49.1 Å². The maximum atomic E-state index is 13.2. The van der Waals surface area contributed by atoms with E-state index in [9.17, 15) is 4.39 Å². The Kier molecular flexibility index (Phi) is 4.74. The Balaban J connectivity index is 1.53. The fourth-order valence-electron chi connectivity index (χ4n) is 4.86. The van der Waals surface area contributed by atoms with Gasteiger partial charge in [0.2, 0.25) is 0 Å². The summed E-state index contributed by atoms with van der Waals surface area (Å²) < 4.78 is 13.2. The molecule has 2 unspecified atom stereocenters. The van der Waals surface area contributed by atoms with Gasteiger partial charge in [0.15, 0.2) is 0 Å². The molecule has 0 aliphatic heterocycles. The van der Waals surface area contributed by atoms with Crippen molar-refractivity contribution in [2.24, 2.45) is 5.92 Å². The highest BCUT2D eigenvalue weighted by Crippen LogP contribution is 2.38. The summed E-state index contributed by atoms with van der Waals surface area (Å²) in [6.45, 7) is 3.86. The van der Waals surface area contributed by atoms with Crippen LogP contribution in [0.25, 0.3) is 0 Å². The topological polar surface area (TPSA) is 0 Å². The molecule has 0 N–H and O–H groups in total. The molecule has 0 radical (unpaired) electrons. The van der Waals surface area contributed by atoms with Crippen LogP contribution in [0.4, 0.5) is 4.39 Å². The molecule has 2 aromatic rings. The molecule has 1 heteroatoms. The van der Waals surface area contributed by atoms with E-state index in [-0.39, 0.29) is 5.82 Å². The predicted molar refractivity (Wildman–Crippen MR) is 103 cm³/mol. The molecule has 0 heterocycles. The third kappa shape index (κ3) is 3.42. The Morgan fingerprint density at radius 1 is 0.920 bits per heavy atom. The molecule has 0 saturated heterocycles. The summed E-state index contributed by atoms with van der Waals surface area (Å²) in [5, 5.41) is 0. The van der Waals surface area contributed by atoms with Crippen molar-refractivity contribution in [2.45, 2.75) is 57.3 Å². The van der Waals surface area contributed by atoms with Gasteiger partial charge in [-0.25, -0.2) is 4.39 Å². The fraction of sp³-hybridized carbons (Fsp3) is 0.417. The molecule has 4 rings (SSSR count). The van der Waals surface area contributed by atoms with E-state index in [0.29, 0.717) is 5.92 Å². The smallest absolute Gasteiger partial charge is 0.123 e. The lowest BCUT2D eigenvalue weighted by Gasteiger charge is -2.32. The molecule has 0 spiro atoms. The summed E-state index contributed by atoms with van der Waals surface area (Å²) in [5.41, 5.74) is 7.71. The normalized spacial score (nSPS) is 22.1. The predicted octanol–water partition coefficient (Wildman–Crippen LogP) is 6.17. The largest absolute Gasteiger partial charge is 0.207 e. The summed E-state index contributed by atoms with van der Waals surface area (Å²) in [6.07, 6.45) is 11.8.